The largest absolute Gasteiger partial charge is 0.508 e. The fourth-order valence-electron chi connectivity index (χ4n) is 1.01. The summed E-state index contributed by atoms with van der Waals surface area (Å²) < 4.78 is 0. The van der Waals surface area contributed by atoms with Gasteiger partial charge in [-0.15, -0.1) is 0 Å². The van der Waals surface area contributed by atoms with Crippen LogP contribution < -0.4 is 0 Å². The number of phenols is 1. The van der Waals surface area contributed by atoms with Crippen molar-refractivity contribution in [2.24, 2.45) is 5.92 Å². The predicted molar refractivity (Wildman–Crippen MR) is 57.9 cm³/mol. The van der Waals surface area contributed by atoms with Crippen LogP contribution in [0.4, 0.5) is 0 Å². The summed E-state index contributed by atoms with van der Waals surface area (Å²) in [7, 11) is 0. The van der Waals surface area contributed by atoms with E-state index in [0.29, 0.717) is 5.75 Å². The van der Waals surface area contributed by atoms with Crippen molar-refractivity contribution in [3.8, 4) is 5.75 Å². The molecule has 0 atom stereocenters. The highest BCUT2D eigenvalue weighted by Gasteiger charge is 1.85. The second-order valence-corrected chi connectivity index (χ2v) is 3.52. The SMILES string of the molecule is CCCC(C)C.Oc1ccccc1. The average molecular weight is 180 g/mol. The zero-order valence-electron chi connectivity index (χ0n) is 8.83. The Kier molecular flexibility index (Phi) is 7.08. The van der Waals surface area contributed by atoms with Crippen molar-refractivity contribution < 1.29 is 5.11 Å². The quantitative estimate of drug-likeness (QED) is 0.733. The normalized spacial score (nSPS) is 9.23. The smallest absolute Gasteiger partial charge is 0.115 e. The topological polar surface area (TPSA) is 20.2 Å². The minimum Gasteiger partial charge on any atom is -0.508 e. The van der Waals surface area contributed by atoms with Gasteiger partial charge < -0.3 is 5.11 Å². The Labute approximate surface area is 81.4 Å². The first kappa shape index (κ1) is 12.0. The lowest BCUT2D eigenvalue weighted by molar-refractivity contribution is 0.475. The van der Waals surface area contributed by atoms with Gasteiger partial charge in [0.25, 0.3) is 0 Å². The molecule has 1 rings (SSSR count). The van der Waals surface area contributed by atoms with Gasteiger partial charge in [-0.05, 0) is 18.1 Å². The zero-order chi connectivity index (χ0) is 10.1. The first-order valence-corrected chi connectivity index (χ1v) is 4.90. The molecule has 1 aromatic rings. The van der Waals surface area contributed by atoms with E-state index in [0.717, 1.165) is 5.92 Å². The Morgan fingerprint density at radius 2 is 1.69 bits per heavy atom. The summed E-state index contributed by atoms with van der Waals surface area (Å²) in [6, 6.07) is 8.71. The van der Waals surface area contributed by atoms with Gasteiger partial charge in [0.2, 0.25) is 0 Å². The second kappa shape index (κ2) is 7.66. The van der Waals surface area contributed by atoms with Crippen molar-refractivity contribution >= 4 is 0 Å². The van der Waals surface area contributed by atoms with Crippen LogP contribution in [0.15, 0.2) is 30.3 Å². The maximum absolute atomic E-state index is 8.63. The van der Waals surface area contributed by atoms with Crippen molar-refractivity contribution in [1.29, 1.82) is 0 Å². The molecule has 0 heterocycles. The van der Waals surface area contributed by atoms with Crippen LogP contribution in [0.1, 0.15) is 33.6 Å². The van der Waals surface area contributed by atoms with E-state index >= 15 is 0 Å². The summed E-state index contributed by atoms with van der Waals surface area (Å²) in [5.74, 6) is 1.22. The summed E-state index contributed by atoms with van der Waals surface area (Å²) >= 11 is 0. The molecule has 0 spiro atoms. The van der Waals surface area contributed by atoms with E-state index in [1.165, 1.54) is 12.8 Å². The molecule has 1 aromatic carbocycles. The van der Waals surface area contributed by atoms with Crippen LogP contribution in [0.25, 0.3) is 0 Å². The molecule has 0 aliphatic rings. The summed E-state index contributed by atoms with van der Waals surface area (Å²) in [4.78, 5) is 0. The summed E-state index contributed by atoms with van der Waals surface area (Å²) in [5, 5.41) is 8.63. The van der Waals surface area contributed by atoms with Crippen LogP contribution in [0.2, 0.25) is 0 Å². The van der Waals surface area contributed by atoms with Gasteiger partial charge in [0.05, 0.1) is 0 Å². The van der Waals surface area contributed by atoms with E-state index in [1.807, 2.05) is 6.07 Å². The average Bonchev–Trinajstić information content (AvgIpc) is 2.06. The molecule has 0 saturated heterocycles. The molecule has 1 heteroatoms. The van der Waals surface area contributed by atoms with Crippen molar-refractivity contribution in [3.05, 3.63) is 30.3 Å². The van der Waals surface area contributed by atoms with E-state index in [1.54, 1.807) is 24.3 Å². The van der Waals surface area contributed by atoms with Crippen LogP contribution in [0, 0.1) is 5.92 Å². The molecule has 0 aliphatic heterocycles. The monoisotopic (exact) mass is 180 g/mol. The molecule has 0 saturated carbocycles. The van der Waals surface area contributed by atoms with E-state index in [-0.39, 0.29) is 0 Å². The second-order valence-electron chi connectivity index (χ2n) is 3.52. The van der Waals surface area contributed by atoms with E-state index in [9.17, 15) is 0 Å². The number of para-hydroxylation sites is 1. The number of hydrogen-bond donors (Lipinski definition) is 1. The maximum Gasteiger partial charge on any atom is 0.115 e. The van der Waals surface area contributed by atoms with Gasteiger partial charge in [0.15, 0.2) is 0 Å². The first-order chi connectivity index (χ1) is 6.16. The van der Waals surface area contributed by atoms with Crippen molar-refractivity contribution in [3.63, 3.8) is 0 Å². The van der Waals surface area contributed by atoms with E-state index in [2.05, 4.69) is 20.8 Å². The van der Waals surface area contributed by atoms with Crippen LogP contribution in [-0.2, 0) is 0 Å². The Morgan fingerprint density at radius 3 is 1.85 bits per heavy atom. The Hall–Kier alpha value is -0.980. The number of rotatable bonds is 2. The maximum atomic E-state index is 8.63. The minimum atomic E-state index is 0.322. The minimum absolute atomic E-state index is 0.322. The summed E-state index contributed by atoms with van der Waals surface area (Å²) in [5.41, 5.74) is 0. The molecule has 0 fully saturated rings. The molecule has 0 aliphatic carbocycles. The first-order valence-electron chi connectivity index (χ1n) is 4.90. The van der Waals surface area contributed by atoms with Gasteiger partial charge in [-0.3, -0.25) is 0 Å². The fraction of sp³-hybridized carbons (Fsp3) is 0.500. The van der Waals surface area contributed by atoms with Gasteiger partial charge in [-0.1, -0.05) is 51.8 Å². The number of hydrogen-bond acceptors (Lipinski definition) is 1. The number of benzene rings is 1. The predicted octanol–water partition coefficient (Wildman–Crippen LogP) is 3.83. The Balaban J connectivity index is 0.000000226. The Bertz CT molecular complexity index is 192. The Morgan fingerprint density at radius 1 is 1.15 bits per heavy atom. The third-order valence-corrected chi connectivity index (χ3v) is 1.62. The van der Waals surface area contributed by atoms with Gasteiger partial charge in [0.1, 0.15) is 5.75 Å². The van der Waals surface area contributed by atoms with Crippen LogP contribution in [0.3, 0.4) is 0 Å². The molecule has 1 N–H and O–H groups in total. The molecule has 0 aromatic heterocycles. The molecular weight excluding hydrogens is 160 g/mol. The van der Waals surface area contributed by atoms with Crippen molar-refractivity contribution in [2.75, 3.05) is 0 Å². The number of phenolic OH excluding ortho intramolecular Hbond substituents is 1. The standard InChI is InChI=1S/C6H6O.C6H14/c7-6-4-2-1-3-5-6;1-4-5-6(2)3/h1-5,7H;6H,4-5H2,1-3H3. The molecular formula is C12H20O. The molecule has 0 bridgehead atoms. The number of aromatic hydroxyl groups is 1. The molecule has 0 amide bonds. The lowest BCUT2D eigenvalue weighted by atomic mass is 10.1. The molecule has 0 radical (unpaired) electrons. The third kappa shape index (κ3) is 8.93. The lowest BCUT2D eigenvalue weighted by Gasteiger charge is -1.95. The molecule has 1 nitrogen and oxygen atoms in total. The highest BCUT2D eigenvalue weighted by atomic mass is 16.3. The molecule has 74 valence electrons. The van der Waals surface area contributed by atoms with Gasteiger partial charge in [-0.25, -0.2) is 0 Å². The van der Waals surface area contributed by atoms with Crippen LogP contribution >= 0.6 is 0 Å². The highest BCUT2D eigenvalue weighted by Crippen LogP contribution is 2.02. The van der Waals surface area contributed by atoms with Crippen LogP contribution in [0.5, 0.6) is 5.75 Å². The lowest BCUT2D eigenvalue weighted by Crippen LogP contribution is -1.81. The van der Waals surface area contributed by atoms with Gasteiger partial charge >= 0.3 is 0 Å². The van der Waals surface area contributed by atoms with E-state index in [4.69, 9.17) is 5.11 Å². The van der Waals surface area contributed by atoms with Gasteiger partial charge in [-0.2, -0.15) is 0 Å². The van der Waals surface area contributed by atoms with Crippen molar-refractivity contribution in [2.45, 2.75) is 33.6 Å². The van der Waals surface area contributed by atoms with Crippen LogP contribution in [-0.4, -0.2) is 5.11 Å². The summed E-state index contributed by atoms with van der Waals surface area (Å²) in [6.07, 6.45) is 2.71. The van der Waals surface area contributed by atoms with Crippen molar-refractivity contribution in [1.82, 2.24) is 0 Å². The highest BCUT2D eigenvalue weighted by molar-refractivity contribution is 5.18. The molecule has 0 unspecified atom stereocenters. The molecule has 13 heavy (non-hydrogen) atoms. The summed E-state index contributed by atoms with van der Waals surface area (Å²) in [6.45, 7) is 6.73. The van der Waals surface area contributed by atoms with Gasteiger partial charge in [0, 0.05) is 0 Å². The zero-order valence-corrected chi connectivity index (χ0v) is 8.83. The fourth-order valence-corrected chi connectivity index (χ4v) is 1.01. The van der Waals surface area contributed by atoms with E-state index < -0.39 is 0 Å². The third-order valence-electron chi connectivity index (χ3n) is 1.62.